The van der Waals surface area contributed by atoms with E-state index in [1.807, 2.05) is 24.3 Å². The molecule has 1 amide bonds. The highest BCUT2D eigenvalue weighted by Crippen LogP contribution is 2.22. The lowest BCUT2D eigenvalue weighted by atomic mass is 10.1. The third-order valence-electron chi connectivity index (χ3n) is 3.93. The van der Waals surface area contributed by atoms with Crippen LogP contribution in [0.1, 0.15) is 22.8 Å². The van der Waals surface area contributed by atoms with Gasteiger partial charge in [0, 0.05) is 13.1 Å². The first-order chi connectivity index (χ1) is 12.9. The minimum absolute atomic E-state index is 0.0132. The summed E-state index contributed by atoms with van der Waals surface area (Å²) in [5, 5.41) is 2.64. The van der Waals surface area contributed by atoms with Crippen LogP contribution in [-0.4, -0.2) is 41.6 Å². The Labute approximate surface area is 159 Å². The Balaban J connectivity index is 2.10. The van der Waals surface area contributed by atoms with Crippen molar-refractivity contribution in [3.05, 3.63) is 53.6 Å². The number of ether oxygens (including phenoxy) is 2. The van der Waals surface area contributed by atoms with Crippen LogP contribution in [0.25, 0.3) is 0 Å². The molecule has 0 atom stereocenters. The molecular formula is C19H24N2O5S. The minimum Gasteiger partial charge on any atom is -0.497 e. The molecule has 0 spiro atoms. The van der Waals surface area contributed by atoms with Crippen LogP contribution >= 0.6 is 0 Å². The Bertz CT molecular complexity index is 879. The fraction of sp³-hybridized carbons (Fsp3) is 0.316. The highest BCUT2D eigenvalue weighted by Gasteiger charge is 2.19. The lowest BCUT2D eigenvalue weighted by molar-refractivity contribution is 0.0952. The van der Waals surface area contributed by atoms with Crippen LogP contribution in [0.5, 0.6) is 11.5 Å². The number of sulfonamides is 1. The van der Waals surface area contributed by atoms with Crippen molar-refractivity contribution in [1.82, 2.24) is 10.0 Å². The molecule has 0 aromatic heterocycles. The summed E-state index contributed by atoms with van der Waals surface area (Å²) in [4.78, 5) is 12.2. The van der Waals surface area contributed by atoms with Crippen LogP contribution in [-0.2, 0) is 16.4 Å². The Kier molecular flexibility index (Phi) is 7.20. The largest absolute Gasteiger partial charge is 0.497 e. The number of carbonyl (C=O) groups excluding carboxylic acids is 1. The van der Waals surface area contributed by atoms with Gasteiger partial charge in [-0.3, -0.25) is 4.79 Å². The number of rotatable bonds is 9. The fourth-order valence-electron chi connectivity index (χ4n) is 2.49. The van der Waals surface area contributed by atoms with Gasteiger partial charge >= 0.3 is 0 Å². The minimum atomic E-state index is -3.75. The molecule has 8 heteroatoms. The maximum Gasteiger partial charge on any atom is 0.255 e. The molecule has 2 rings (SSSR count). The third-order valence-corrected chi connectivity index (χ3v) is 5.39. The monoisotopic (exact) mass is 392 g/mol. The van der Waals surface area contributed by atoms with Gasteiger partial charge in [-0.05, 0) is 49.2 Å². The second-order valence-electron chi connectivity index (χ2n) is 5.72. The van der Waals surface area contributed by atoms with Crippen molar-refractivity contribution >= 4 is 15.9 Å². The number of amides is 1. The Morgan fingerprint density at radius 1 is 1.04 bits per heavy atom. The first-order valence-electron chi connectivity index (χ1n) is 8.50. The maximum atomic E-state index is 12.6. The van der Waals surface area contributed by atoms with Crippen molar-refractivity contribution < 1.29 is 22.7 Å². The first kappa shape index (κ1) is 20.7. The van der Waals surface area contributed by atoms with Crippen LogP contribution in [0.3, 0.4) is 0 Å². The van der Waals surface area contributed by atoms with Gasteiger partial charge in [0.15, 0.2) is 0 Å². The molecule has 2 aromatic rings. The van der Waals surface area contributed by atoms with E-state index < -0.39 is 10.0 Å². The summed E-state index contributed by atoms with van der Waals surface area (Å²) in [6.07, 6.45) is 0.530. The van der Waals surface area contributed by atoms with Gasteiger partial charge in [0.25, 0.3) is 5.91 Å². The Morgan fingerprint density at radius 2 is 1.74 bits per heavy atom. The molecule has 0 radical (unpaired) electrons. The molecule has 2 aromatic carbocycles. The highest BCUT2D eigenvalue weighted by atomic mass is 32.2. The standard InChI is InChI=1S/C19H24N2O5S/c1-4-20-19(22)17-13-16(9-10-18(17)26-3)27(23,24)21-12-11-14-5-7-15(25-2)8-6-14/h5-10,13,21H,4,11-12H2,1-3H3,(H,20,22). The molecule has 0 aliphatic rings. The number of hydrogen-bond donors (Lipinski definition) is 2. The number of nitrogens with one attached hydrogen (secondary N) is 2. The summed E-state index contributed by atoms with van der Waals surface area (Å²) >= 11 is 0. The van der Waals surface area contributed by atoms with E-state index in [2.05, 4.69) is 10.0 Å². The Morgan fingerprint density at radius 3 is 2.33 bits per heavy atom. The van der Waals surface area contributed by atoms with Crippen LogP contribution in [0.15, 0.2) is 47.4 Å². The smallest absolute Gasteiger partial charge is 0.255 e. The topological polar surface area (TPSA) is 93.7 Å². The van der Waals surface area contributed by atoms with Crippen LogP contribution < -0.4 is 19.5 Å². The van der Waals surface area contributed by atoms with Crippen LogP contribution in [0.4, 0.5) is 0 Å². The van der Waals surface area contributed by atoms with Crippen LogP contribution in [0.2, 0.25) is 0 Å². The van der Waals surface area contributed by atoms with Gasteiger partial charge in [-0.2, -0.15) is 0 Å². The van der Waals surface area contributed by atoms with E-state index in [1.54, 1.807) is 14.0 Å². The maximum absolute atomic E-state index is 12.6. The van der Waals surface area contributed by atoms with Crippen molar-refractivity contribution in [2.24, 2.45) is 0 Å². The quantitative estimate of drug-likeness (QED) is 0.681. The van der Waals surface area contributed by atoms with E-state index in [9.17, 15) is 13.2 Å². The number of carbonyl (C=O) groups is 1. The molecule has 27 heavy (non-hydrogen) atoms. The van der Waals surface area contributed by atoms with E-state index in [-0.39, 0.29) is 22.9 Å². The second-order valence-corrected chi connectivity index (χ2v) is 7.48. The van der Waals surface area contributed by atoms with Crippen LogP contribution in [0, 0.1) is 0 Å². The summed E-state index contributed by atoms with van der Waals surface area (Å²) in [5.74, 6) is 0.679. The number of benzene rings is 2. The molecular weight excluding hydrogens is 368 g/mol. The fourth-order valence-corrected chi connectivity index (χ4v) is 3.55. The lowest BCUT2D eigenvalue weighted by Gasteiger charge is -2.12. The van der Waals surface area contributed by atoms with E-state index in [0.717, 1.165) is 11.3 Å². The second kappa shape index (κ2) is 9.38. The summed E-state index contributed by atoms with van der Waals surface area (Å²) in [5.41, 5.74) is 1.16. The zero-order chi connectivity index (χ0) is 19.9. The number of methoxy groups -OCH3 is 2. The van der Waals surface area contributed by atoms with Crippen molar-refractivity contribution in [3.8, 4) is 11.5 Å². The molecule has 0 aliphatic heterocycles. The van der Waals surface area contributed by atoms with E-state index >= 15 is 0 Å². The molecule has 2 N–H and O–H groups in total. The molecule has 0 aliphatic carbocycles. The summed E-state index contributed by atoms with van der Waals surface area (Å²) in [7, 11) is -0.729. The van der Waals surface area contributed by atoms with E-state index in [4.69, 9.17) is 9.47 Å². The van der Waals surface area contributed by atoms with Gasteiger partial charge in [-0.25, -0.2) is 13.1 Å². The van der Waals surface area contributed by atoms with Gasteiger partial charge in [0.05, 0.1) is 24.7 Å². The van der Waals surface area contributed by atoms with Gasteiger partial charge in [-0.15, -0.1) is 0 Å². The van der Waals surface area contributed by atoms with Gasteiger partial charge < -0.3 is 14.8 Å². The van der Waals surface area contributed by atoms with Crippen molar-refractivity contribution in [1.29, 1.82) is 0 Å². The van der Waals surface area contributed by atoms with E-state index in [0.29, 0.717) is 18.7 Å². The molecule has 0 heterocycles. The first-order valence-corrected chi connectivity index (χ1v) is 9.98. The van der Waals surface area contributed by atoms with E-state index in [1.165, 1.54) is 25.3 Å². The third kappa shape index (κ3) is 5.45. The molecule has 0 saturated heterocycles. The normalized spacial score (nSPS) is 11.1. The highest BCUT2D eigenvalue weighted by molar-refractivity contribution is 7.89. The summed E-state index contributed by atoms with van der Waals surface area (Å²) in [6.45, 7) is 2.45. The van der Waals surface area contributed by atoms with Crippen molar-refractivity contribution in [2.45, 2.75) is 18.2 Å². The molecule has 7 nitrogen and oxygen atoms in total. The van der Waals surface area contributed by atoms with Gasteiger partial charge in [0.1, 0.15) is 11.5 Å². The van der Waals surface area contributed by atoms with Crippen molar-refractivity contribution in [3.63, 3.8) is 0 Å². The summed E-state index contributed by atoms with van der Waals surface area (Å²) < 4.78 is 37.9. The lowest BCUT2D eigenvalue weighted by Crippen LogP contribution is -2.27. The summed E-state index contributed by atoms with van der Waals surface area (Å²) in [6, 6.07) is 11.6. The van der Waals surface area contributed by atoms with Gasteiger partial charge in [-0.1, -0.05) is 12.1 Å². The zero-order valence-electron chi connectivity index (χ0n) is 15.6. The molecule has 146 valence electrons. The molecule has 0 fully saturated rings. The average molecular weight is 392 g/mol. The van der Waals surface area contributed by atoms with Gasteiger partial charge in [0.2, 0.25) is 10.0 Å². The SMILES string of the molecule is CCNC(=O)c1cc(S(=O)(=O)NCCc2ccc(OC)cc2)ccc1OC. The molecule has 0 bridgehead atoms. The van der Waals surface area contributed by atoms with Crippen molar-refractivity contribution in [2.75, 3.05) is 27.3 Å². The number of hydrogen-bond acceptors (Lipinski definition) is 5. The predicted molar refractivity (Wildman–Crippen MR) is 103 cm³/mol. The molecule has 0 saturated carbocycles. The zero-order valence-corrected chi connectivity index (χ0v) is 16.4. The predicted octanol–water partition coefficient (Wildman–Crippen LogP) is 1.97. The Hall–Kier alpha value is -2.58. The molecule has 0 unspecified atom stereocenters. The average Bonchev–Trinajstić information content (AvgIpc) is 2.68.